The second-order valence-corrected chi connectivity index (χ2v) is 11.5. The summed E-state index contributed by atoms with van der Waals surface area (Å²) < 4.78 is 11.1. The molecule has 2 heterocycles. The van der Waals surface area contributed by atoms with Crippen molar-refractivity contribution in [3.8, 4) is 11.5 Å². The summed E-state index contributed by atoms with van der Waals surface area (Å²) in [5.41, 5.74) is 1.02. The first-order valence-electron chi connectivity index (χ1n) is 13.2. The van der Waals surface area contributed by atoms with Crippen LogP contribution in [0, 0.1) is 10.8 Å². The number of rotatable bonds is 4. The van der Waals surface area contributed by atoms with Gasteiger partial charge in [-0.2, -0.15) is 0 Å². The number of fused-ring (bicyclic) bond motifs is 5. The average Bonchev–Trinajstić information content (AvgIpc) is 3.38. The number of hydrogen-bond acceptors (Lipinski definition) is 6. The molecule has 6 nitrogen and oxygen atoms in total. The van der Waals surface area contributed by atoms with Crippen LogP contribution >= 0.6 is 0 Å². The minimum absolute atomic E-state index is 0.0363. The van der Waals surface area contributed by atoms with E-state index < -0.39 is 28.8 Å². The SMILES string of the molecule is COc1ccc([C@H]2[C@@H](C(=O)C(C)(C)C)N3c4ccccc4C=C[C@@H]3C23C(=O)c2ccccc2C3=O)cc1OC. The molecule has 0 N–H and O–H groups in total. The number of hydrogen-bond donors (Lipinski definition) is 0. The van der Waals surface area contributed by atoms with Crippen molar-refractivity contribution in [3.63, 3.8) is 0 Å². The summed E-state index contributed by atoms with van der Waals surface area (Å²) in [7, 11) is 3.11. The fraction of sp³-hybridized carbons (Fsp3) is 0.303. The Labute approximate surface area is 228 Å². The number of ether oxygens (including phenoxy) is 2. The first-order chi connectivity index (χ1) is 18.7. The van der Waals surface area contributed by atoms with Crippen molar-refractivity contribution in [2.75, 3.05) is 19.1 Å². The molecule has 3 aliphatic rings. The number of Topliss-reactive ketones (excluding diaryl/α,β-unsaturated/α-hetero) is 3. The Kier molecular flexibility index (Phi) is 5.58. The van der Waals surface area contributed by atoms with Crippen LogP contribution in [0.25, 0.3) is 6.08 Å². The fourth-order valence-electron chi connectivity index (χ4n) is 6.78. The Hall–Kier alpha value is -4.19. The lowest BCUT2D eigenvalue weighted by atomic mass is 9.63. The van der Waals surface area contributed by atoms with E-state index in [-0.39, 0.29) is 17.3 Å². The quantitative estimate of drug-likeness (QED) is 0.407. The van der Waals surface area contributed by atoms with E-state index in [4.69, 9.17) is 9.47 Å². The molecule has 3 atom stereocenters. The van der Waals surface area contributed by atoms with Crippen LogP contribution < -0.4 is 14.4 Å². The molecule has 1 saturated heterocycles. The van der Waals surface area contributed by atoms with Crippen LogP contribution in [0.2, 0.25) is 0 Å². The predicted molar refractivity (Wildman–Crippen MR) is 150 cm³/mol. The standard InChI is InChI=1S/C33H31NO5/c1-32(2,3)31(37)28-27(20-14-16-24(38-4)25(18-20)39-5)33(29(35)21-11-7-8-12-22(21)30(33)36)26-17-15-19-10-6-9-13-23(19)34(26)28/h6-18,26-28H,1-5H3/t26-,27+,28+/m1/s1. The van der Waals surface area contributed by atoms with Crippen LogP contribution in [0.3, 0.4) is 0 Å². The van der Waals surface area contributed by atoms with Gasteiger partial charge in [-0.25, -0.2) is 0 Å². The van der Waals surface area contributed by atoms with Crippen LogP contribution in [0.4, 0.5) is 5.69 Å². The molecule has 39 heavy (non-hydrogen) atoms. The molecule has 0 bridgehead atoms. The van der Waals surface area contributed by atoms with E-state index >= 15 is 0 Å². The number of ketones is 3. The molecule has 1 spiro atoms. The maximum Gasteiger partial charge on any atom is 0.180 e. The monoisotopic (exact) mass is 521 g/mol. The maximum absolute atomic E-state index is 14.6. The molecular formula is C33H31NO5. The first kappa shape index (κ1) is 25.1. The van der Waals surface area contributed by atoms with Crippen molar-refractivity contribution >= 4 is 29.1 Å². The summed E-state index contributed by atoms with van der Waals surface area (Å²) in [6.45, 7) is 5.67. The van der Waals surface area contributed by atoms with Gasteiger partial charge in [0, 0.05) is 28.1 Å². The van der Waals surface area contributed by atoms with E-state index in [1.165, 1.54) is 0 Å². The lowest BCUT2D eigenvalue weighted by Crippen LogP contribution is -2.49. The van der Waals surface area contributed by atoms with Crippen molar-refractivity contribution in [3.05, 3.63) is 95.1 Å². The van der Waals surface area contributed by atoms with Gasteiger partial charge in [0.15, 0.2) is 28.8 Å². The first-order valence-corrected chi connectivity index (χ1v) is 13.2. The van der Waals surface area contributed by atoms with Crippen molar-refractivity contribution in [1.29, 1.82) is 0 Å². The highest BCUT2D eigenvalue weighted by Gasteiger charge is 2.72. The van der Waals surface area contributed by atoms with Crippen LogP contribution in [0.1, 0.15) is 58.5 Å². The topological polar surface area (TPSA) is 72.9 Å². The third kappa shape index (κ3) is 3.30. The van der Waals surface area contributed by atoms with Crippen molar-refractivity contribution in [2.45, 2.75) is 38.8 Å². The number of nitrogens with zero attached hydrogens (tertiary/aromatic N) is 1. The van der Waals surface area contributed by atoms with E-state index in [2.05, 4.69) is 0 Å². The third-order valence-corrected chi connectivity index (χ3v) is 8.49. The summed E-state index contributed by atoms with van der Waals surface area (Å²) in [5, 5.41) is 0. The normalized spacial score (nSPS) is 22.5. The Bertz CT molecular complexity index is 1530. The predicted octanol–water partition coefficient (Wildman–Crippen LogP) is 5.75. The van der Waals surface area contributed by atoms with E-state index in [1.807, 2.05) is 74.2 Å². The Morgan fingerprint density at radius 3 is 2.08 bits per heavy atom. The summed E-state index contributed by atoms with van der Waals surface area (Å²) in [6.07, 6.45) is 3.91. The molecule has 3 aromatic carbocycles. The van der Waals surface area contributed by atoms with Crippen LogP contribution in [0.5, 0.6) is 11.5 Å². The summed E-state index contributed by atoms with van der Waals surface area (Å²) in [6, 6.07) is 18.9. The van der Waals surface area contributed by atoms with Gasteiger partial charge in [0.25, 0.3) is 0 Å². The highest BCUT2D eigenvalue weighted by molar-refractivity contribution is 6.32. The summed E-state index contributed by atoms with van der Waals surface area (Å²) in [5.74, 6) is -0.286. The minimum Gasteiger partial charge on any atom is -0.493 e. The molecule has 3 aromatic rings. The molecule has 2 aliphatic heterocycles. The number of carbonyl (C=O) groups excluding carboxylic acids is 3. The van der Waals surface area contributed by atoms with Crippen molar-refractivity contribution in [1.82, 2.24) is 0 Å². The van der Waals surface area contributed by atoms with Gasteiger partial charge in [0.05, 0.1) is 26.3 Å². The zero-order valence-electron chi connectivity index (χ0n) is 22.7. The van der Waals surface area contributed by atoms with Gasteiger partial charge < -0.3 is 14.4 Å². The molecule has 0 aromatic heterocycles. The fourth-order valence-corrected chi connectivity index (χ4v) is 6.78. The molecule has 0 unspecified atom stereocenters. The van der Waals surface area contributed by atoms with E-state index in [0.29, 0.717) is 28.2 Å². The molecule has 0 amide bonds. The van der Waals surface area contributed by atoms with Gasteiger partial charge in [-0.15, -0.1) is 0 Å². The van der Waals surface area contributed by atoms with Crippen LogP contribution in [-0.2, 0) is 4.79 Å². The number of methoxy groups -OCH3 is 2. The number of anilines is 1. The zero-order valence-corrected chi connectivity index (χ0v) is 22.7. The summed E-state index contributed by atoms with van der Waals surface area (Å²) in [4.78, 5) is 45.8. The van der Waals surface area contributed by atoms with E-state index in [0.717, 1.165) is 11.3 Å². The molecule has 1 fully saturated rings. The Morgan fingerprint density at radius 1 is 0.846 bits per heavy atom. The van der Waals surface area contributed by atoms with E-state index in [1.54, 1.807) is 44.6 Å². The third-order valence-electron chi connectivity index (χ3n) is 8.49. The second-order valence-electron chi connectivity index (χ2n) is 11.5. The molecule has 198 valence electrons. The van der Waals surface area contributed by atoms with Gasteiger partial charge in [-0.1, -0.05) is 81.5 Å². The maximum atomic E-state index is 14.6. The Balaban J connectivity index is 1.70. The molecule has 1 aliphatic carbocycles. The van der Waals surface area contributed by atoms with Gasteiger partial charge >= 0.3 is 0 Å². The van der Waals surface area contributed by atoms with Crippen LogP contribution in [0.15, 0.2) is 72.8 Å². The largest absolute Gasteiger partial charge is 0.493 e. The molecule has 6 rings (SSSR count). The van der Waals surface area contributed by atoms with Gasteiger partial charge in [0.2, 0.25) is 0 Å². The van der Waals surface area contributed by atoms with E-state index in [9.17, 15) is 14.4 Å². The highest BCUT2D eigenvalue weighted by Crippen LogP contribution is 2.61. The molecule has 0 radical (unpaired) electrons. The Morgan fingerprint density at radius 2 is 1.46 bits per heavy atom. The zero-order chi connectivity index (χ0) is 27.7. The second kappa shape index (κ2) is 8.67. The van der Waals surface area contributed by atoms with Crippen LogP contribution in [-0.4, -0.2) is 43.7 Å². The highest BCUT2D eigenvalue weighted by atomic mass is 16.5. The van der Waals surface area contributed by atoms with Gasteiger partial charge in [0.1, 0.15) is 5.41 Å². The van der Waals surface area contributed by atoms with Crippen molar-refractivity contribution in [2.24, 2.45) is 10.8 Å². The number of benzene rings is 3. The average molecular weight is 522 g/mol. The molecule has 0 saturated carbocycles. The van der Waals surface area contributed by atoms with Crippen molar-refractivity contribution < 1.29 is 23.9 Å². The lowest BCUT2D eigenvalue weighted by molar-refractivity contribution is -0.127. The number of carbonyl (C=O) groups is 3. The minimum atomic E-state index is -1.53. The van der Waals surface area contributed by atoms with Gasteiger partial charge in [-0.3, -0.25) is 14.4 Å². The lowest BCUT2D eigenvalue weighted by Gasteiger charge is -2.38. The smallest absolute Gasteiger partial charge is 0.180 e. The van der Waals surface area contributed by atoms with Gasteiger partial charge in [-0.05, 0) is 29.3 Å². The summed E-state index contributed by atoms with van der Waals surface area (Å²) >= 11 is 0. The molecular weight excluding hydrogens is 490 g/mol. The molecule has 6 heteroatoms. The number of para-hydroxylation sites is 1.